The average Bonchev–Trinajstić information content (AvgIpc) is 2.74. The van der Waals surface area contributed by atoms with Crippen LogP contribution in [0.2, 0.25) is 0 Å². The van der Waals surface area contributed by atoms with Gasteiger partial charge in [0.2, 0.25) is 0 Å². The highest BCUT2D eigenvalue weighted by Crippen LogP contribution is 2.24. The van der Waals surface area contributed by atoms with E-state index in [0.29, 0.717) is 11.3 Å². The standard InChI is InChI=1S/C15H16O6/c1-8-4-14(17)20-12-5-9(2-3-10(8)12)19-7-13-11(16)6-15(18)21-13/h2-5,11,13,15-16,18H,6-7H2,1H3. The number of aryl methyl sites for hydroxylation is 1. The molecular weight excluding hydrogens is 276 g/mol. The molecule has 0 spiro atoms. The quantitative estimate of drug-likeness (QED) is 0.819. The Hall–Kier alpha value is -1.89. The second-order valence-corrected chi connectivity index (χ2v) is 5.15. The molecule has 0 bridgehead atoms. The Morgan fingerprint density at radius 1 is 1.33 bits per heavy atom. The first kappa shape index (κ1) is 14.1. The van der Waals surface area contributed by atoms with Crippen LogP contribution in [0.4, 0.5) is 0 Å². The zero-order valence-corrected chi connectivity index (χ0v) is 11.5. The van der Waals surface area contributed by atoms with Gasteiger partial charge in [-0.15, -0.1) is 0 Å². The molecule has 2 aromatic rings. The number of aliphatic hydroxyl groups is 2. The van der Waals surface area contributed by atoms with Gasteiger partial charge in [-0.25, -0.2) is 4.79 Å². The van der Waals surface area contributed by atoms with E-state index in [4.69, 9.17) is 13.9 Å². The molecule has 2 N–H and O–H groups in total. The number of rotatable bonds is 3. The van der Waals surface area contributed by atoms with Crippen LogP contribution in [-0.2, 0) is 4.74 Å². The zero-order valence-electron chi connectivity index (χ0n) is 11.5. The highest BCUT2D eigenvalue weighted by molar-refractivity contribution is 5.81. The van der Waals surface area contributed by atoms with Crippen LogP contribution < -0.4 is 10.4 Å². The van der Waals surface area contributed by atoms with Crippen molar-refractivity contribution in [3.8, 4) is 5.75 Å². The van der Waals surface area contributed by atoms with E-state index in [1.54, 1.807) is 12.1 Å². The second-order valence-electron chi connectivity index (χ2n) is 5.15. The van der Waals surface area contributed by atoms with Crippen molar-refractivity contribution in [2.75, 3.05) is 6.61 Å². The minimum absolute atomic E-state index is 0.111. The van der Waals surface area contributed by atoms with Gasteiger partial charge >= 0.3 is 5.63 Å². The monoisotopic (exact) mass is 292 g/mol. The number of ether oxygens (including phenoxy) is 2. The van der Waals surface area contributed by atoms with Gasteiger partial charge in [-0.3, -0.25) is 0 Å². The van der Waals surface area contributed by atoms with Crippen LogP contribution in [0.3, 0.4) is 0 Å². The molecule has 3 atom stereocenters. The van der Waals surface area contributed by atoms with Crippen molar-refractivity contribution < 1.29 is 24.1 Å². The number of aliphatic hydroxyl groups excluding tert-OH is 2. The predicted molar refractivity (Wildman–Crippen MR) is 74.2 cm³/mol. The van der Waals surface area contributed by atoms with E-state index >= 15 is 0 Å². The van der Waals surface area contributed by atoms with Gasteiger partial charge in [-0.1, -0.05) is 0 Å². The van der Waals surface area contributed by atoms with Crippen LogP contribution in [0, 0.1) is 6.92 Å². The molecule has 1 fully saturated rings. The highest BCUT2D eigenvalue weighted by atomic mass is 16.6. The van der Waals surface area contributed by atoms with Crippen LogP contribution in [0.25, 0.3) is 11.0 Å². The van der Waals surface area contributed by atoms with E-state index in [-0.39, 0.29) is 13.0 Å². The summed E-state index contributed by atoms with van der Waals surface area (Å²) in [5.41, 5.74) is 0.880. The molecule has 0 radical (unpaired) electrons. The molecule has 1 saturated heterocycles. The van der Waals surface area contributed by atoms with Crippen LogP contribution >= 0.6 is 0 Å². The zero-order chi connectivity index (χ0) is 15.0. The minimum atomic E-state index is -0.953. The third-order valence-electron chi connectivity index (χ3n) is 3.54. The van der Waals surface area contributed by atoms with E-state index in [0.717, 1.165) is 10.9 Å². The van der Waals surface area contributed by atoms with Crippen LogP contribution in [0.15, 0.2) is 33.5 Å². The predicted octanol–water partition coefficient (Wildman–Crippen LogP) is 0.948. The van der Waals surface area contributed by atoms with Gasteiger partial charge in [0.05, 0.1) is 6.10 Å². The summed E-state index contributed by atoms with van der Waals surface area (Å²) in [6, 6.07) is 6.63. The first-order chi connectivity index (χ1) is 10.0. The van der Waals surface area contributed by atoms with Crippen molar-refractivity contribution in [1.82, 2.24) is 0 Å². The lowest BCUT2D eigenvalue weighted by molar-refractivity contribution is -0.104. The fourth-order valence-corrected chi connectivity index (χ4v) is 2.43. The van der Waals surface area contributed by atoms with Crippen LogP contribution in [-0.4, -0.2) is 35.3 Å². The molecule has 21 heavy (non-hydrogen) atoms. The summed E-state index contributed by atoms with van der Waals surface area (Å²) in [5, 5.41) is 19.8. The Kier molecular flexibility index (Phi) is 3.67. The smallest absolute Gasteiger partial charge is 0.336 e. The molecule has 0 aliphatic carbocycles. The van der Waals surface area contributed by atoms with E-state index in [2.05, 4.69) is 0 Å². The van der Waals surface area contributed by atoms with Gasteiger partial charge in [0.1, 0.15) is 24.0 Å². The van der Waals surface area contributed by atoms with Crippen LogP contribution in [0.5, 0.6) is 5.75 Å². The molecule has 3 unspecified atom stereocenters. The summed E-state index contributed by atoms with van der Waals surface area (Å²) in [6.45, 7) is 1.95. The van der Waals surface area contributed by atoms with Gasteiger partial charge in [-0.05, 0) is 24.6 Å². The lowest BCUT2D eigenvalue weighted by atomic mass is 10.1. The van der Waals surface area contributed by atoms with Crippen LogP contribution in [0.1, 0.15) is 12.0 Å². The lowest BCUT2D eigenvalue weighted by Crippen LogP contribution is -2.28. The molecule has 1 aliphatic heterocycles. The largest absolute Gasteiger partial charge is 0.491 e. The summed E-state index contributed by atoms with van der Waals surface area (Å²) in [4.78, 5) is 11.4. The maximum Gasteiger partial charge on any atom is 0.336 e. The molecule has 112 valence electrons. The van der Waals surface area contributed by atoms with Gasteiger partial charge in [-0.2, -0.15) is 0 Å². The third-order valence-corrected chi connectivity index (χ3v) is 3.54. The number of fused-ring (bicyclic) bond motifs is 1. The van der Waals surface area contributed by atoms with E-state index in [9.17, 15) is 15.0 Å². The van der Waals surface area contributed by atoms with E-state index < -0.39 is 24.1 Å². The normalized spacial score (nSPS) is 25.4. The van der Waals surface area contributed by atoms with E-state index in [1.165, 1.54) is 6.07 Å². The van der Waals surface area contributed by atoms with Crippen molar-refractivity contribution in [3.63, 3.8) is 0 Å². The molecule has 3 rings (SSSR count). The second kappa shape index (κ2) is 5.48. The Morgan fingerprint density at radius 3 is 2.86 bits per heavy atom. The summed E-state index contributed by atoms with van der Waals surface area (Å²) < 4.78 is 15.8. The fraction of sp³-hybridized carbons (Fsp3) is 0.400. The first-order valence-electron chi connectivity index (χ1n) is 6.72. The first-order valence-corrected chi connectivity index (χ1v) is 6.72. The molecule has 1 aromatic carbocycles. The summed E-state index contributed by atoms with van der Waals surface area (Å²) in [6.07, 6.45) is -2.09. The minimum Gasteiger partial charge on any atom is -0.491 e. The molecule has 0 saturated carbocycles. The molecule has 0 amide bonds. The molecule has 6 nitrogen and oxygen atoms in total. The van der Waals surface area contributed by atoms with Crippen molar-refractivity contribution >= 4 is 11.0 Å². The number of hydrogen-bond donors (Lipinski definition) is 2. The Bertz CT molecular complexity index is 707. The number of hydrogen-bond acceptors (Lipinski definition) is 6. The summed E-state index contributed by atoms with van der Waals surface area (Å²) >= 11 is 0. The molecule has 6 heteroatoms. The molecule has 1 aliphatic rings. The maximum absolute atomic E-state index is 11.4. The maximum atomic E-state index is 11.4. The van der Waals surface area contributed by atoms with Crippen molar-refractivity contribution in [1.29, 1.82) is 0 Å². The molecular formula is C15H16O6. The molecule has 2 heterocycles. The summed E-state index contributed by atoms with van der Waals surface area (Å²) in [5.74, 6) is 0.508. The van der Waals surface area contributed by atoms with E-state index in [1.807, 2.05) is 13.0 Å². The highest BCUT2D eigenvalue weighted by Gasteiger charge is 2.33. The average molecular weight is 292 g/mol. The van der Waals surface area contributed by atoms with Crippen molar-refractivity contribution in [3.05, 3.63) is 40.2 Å². The van der Waals surface area contributed by atoms with Gasteiger partial charge < -0.3 is 24.1 Å². The van der Waals surface area contributed by atoms with Crippen molar-refractivity contribution in [2.24, 2.45) is 0 Å². The fourth-order valence-electron chi connectivity index (χ4n) is 2.43. The van der Waals surface area contributed by atoms with Gasteiger partial charge in [0.25, 0.3) is 0 Å². The van der Waals surface area contributed by atoms with Gasteiger partial charge in [0, 0.05) is 23.9 Å². The third kappa shape index (κ3) is 2.92. The lowest BCUT2D eigenvalue weighted by Gasteiger charge is -2.15. The Morgan fingerprint density at radius 2 is 2.14 bits per heavy atom. The van der Waals surface area contributed by atoms with Crippen molar-refractivity contribution in [2.45, 2.75) is 31.8 Å². The summed E-state index contributed by atoms with van der Waals surface area (Å²) in [7, 11) is 0. The SMILES string of the molecule is Cc1cc(=O)oc2cc(OCC3OC(O)CC3O)ccc12. The Balaban J connectivity index is 1.77. The molecule has 1 aromatic heterocycles. The topological polar surface area (TPSA) is 89.1 Å². The van der Waals surface area contributed by atoms with Gasteiger partial charge in [0.15, 0.2) is 6.29 Å². The Labute approximate surface area is 120 Å². The number of benzene rings is 1.